The summed E-state index contributed by atoms with van der Waals surface area (Å²) in [5, 5.41) is 8.98. The van der Waals surface area contributed by atoms with Gasteiger partial charge in [-0.25, -0.2) is 0 Å². The normalized spacial score (nSPS) is 17.7. The van der Waals surface area contributed by atoms with Crippen molar-refractivity contribution >= 4 is 0 Å². The van der Waals surface area contributed by atoms with Crippen LogP contribution in [0, 0.1) is 11.3 Å². The standard InChI is InChI=1S/C16H22N2O/c1-3-7-18(8-4-2)15-10-14-9-13(11-17)5-6-16(14)19-12-15/h5-6,9,15H,3-4,7-8,10,12H2,1-2H3. The van der Waals surface area contributed by atoms with E-state index in [0.717, 1.165) is 37.4 Å². The van der Waals surface area contributed by atoms with Crippen molar-refractivity contribution in [2.24, 2.45) is 0 Å². The maximum absolute atomic E-state index is 8.98. The van der Waals surface area contributed by atoms with Gasteiger partial charge in [-0.3, -0.25) is 4.90 Å². The van der Waals surface area contributed by atoms with Gasteiger partial charge in [0.05, 0.1) is 11.6 Å². The van der Waals surface area contributed by atoms with Gasteiger partial charge in [0.2, 0.25) is 0 Å². The van der Waals surface area contributed by atoms with Crippen molar-refractivity contribution in [1.29, 1.82) is 5.26 Å². The van der Waals surface area contributed by atoms with Gasteiger partial charge in [0, 0.05) is 6.04 Å². The fourth-order valence-electron chi connectivity index (χ4n) is 2.73. The first kappa shape index (κ1) is 13.9. The molecule has 1 atom stereocenters. The molecule has 0 N–H and O–H groups in total. The number of hydrogen-bond donors (Lipinski definition) is 0. The molecule has 0 aromatic heterocycles. The average molecular weight is 258 g/mol. The highest BCUT2D eigenvalue weighted by molar-refractivity contribution is 5.43. The van der Waals surface area contributed by atoms with Gasteiger partial charge in [0.15, 0.2) is 0 Å². The molecular weight excluding hydrogens is 236 g/mol. The molecule has 0 saturated heterocycles. The van der Waals surface area contributed by atoms with E-state index in [9.17, 15) is 0 Å². The van der Waals surface area contributed by atoms with Crippen LogP contribution < -0.4 is 4.74 Å². The number of nitrogens with zero attached hydrogens (tertiary/aromatic N) is 2. The monoisotopic (exact) mass is 258 g/mol. The first-order valence-corrected chi connectivity index (χ1v) is 7.18. The Hall–Kier alpha value is -1.53. The van der Waals surface area contributed by atoms with Crippen molar-refractivity contribution in [2.45, 2.75) is 39.2 Å². The second kappa shape index (κ2) is 6.58. The first-order valence-electron chi connectivity index (χ1n) is 7.18. The number of hydrogen-bond acceptors (Lipinski definition) is 3. The van der Waals surface area contributed by atoms with E-state index in [-0.39, 0.29) is 0 Å². The van der Waals surface area contributed by atoms with E-state index in [1.807, 2.05) is 18.2 Å². The summed E-state index contributed by atoms with van der Waals surface area (Å²) in [6, 6.07) is 8.37. The van der Waals surface area contributed by atoms with Crippen molar-refractivity contribution in [1.82, 2.24) is 4.90 Å². The summed E-state index contributed by atoms with van der Waals surface area (Å²) < 4.78 is 5.86. The number of nitriles is 1. The minimum Gasteiger partial charge on any atom is -0.492 e. The minimum atomic E-state index is 0.446. The Bertz CT molecular complexity index is 458. The lowest BCUT2D eigenvalue weighted by Crippen LogP contribution is -2.44. The van der Waals surface area contributed by atoms with Gasteiger partial charge in [-0.05, 0) is 56.1 Å². The van der Waals surface area contributed by atoms with Gasteiger partial charge in [-0.2, -0.15) is 5.26 Å². The fraction of sp³-hybridized carbons (Fsp3) is 0.562. The van der Waals surface area contributed by atoms with Crippen LogP contribution in [0.4, 0.5) is 0 Å². The predicted octanol–water partition coefficient (Wildman–Crippen LogP) is 2.98. The Morgan fingerprint density at radius 2 is 2.05 bits per heavy atom. The summed E-state index contributed by atoms with van der Waals surface area (Å²) in [6.45, 7) is 7.44. The molecule has 3 nitrogen and oxygen atoms in total. The van der Waals surface area contributed by atoms with Crippen molar-refractivity contribution in [3.8, 4) is 11.8 Å². The van der Waals surface area contributed by atoms with Crippen molar-refractivity contribution in [3.63, 3.8) is 0 Å². The van der Waals surface area contributed by atoms with Crippen molar-refractivity contribution in [2.75, 3.05) is 19.7 Å². The highest BCUT2D eigenvalue weighted by atomic mass is 16.5. The topological polar surface area (TPSA) is 36.3 Å². The molecule has 0 radical (unpaired) electrons. The second-order valence-electron chi connectivity index (χ2n) is 5.14. The minimum absolute atomic E-state index is 0.446. The third-order valence-electron chi connectivity index (χ3n) is 3.61. The Kier molecular flexibility index (Phi) is 4.81. The number of fused-ring (bicyclic) bond motifs is 1. The van der Waals surface area contributed by atoms with Crippen LogP contribution in [0.3, 0.4) is 0 Å². The van der Waals surface area contributed by atoms with Crippen LogP contribution in [-0.4, -0.2) is 30.6 Å². The van der Waals surface area contributed by atoms with Crippen molar-refractivity contribution in [3.05, 3.63) is 29.3 Å². The summed E-state index contributed by atoms with van der Waals surface area (Å²) >= 11 is 0. The molecule has 102 valence electrons. The SMILES string of the molecule is CCCN(CCC)C1COc2ccc(C#N)cc2C1. The Morgan fingerprint density at radius 3 is 2.68 bits per heavy atom. The molecule has 1 aliphatic rings. The molecule has 0 amide bonds. The molecule has 1 aromatic carbocycles. The number of ether oxygens (including phenoxy) is 1. The van der Waals surface area contributed by atoms with Crippen LogP contribution >= 0.6 is 0 Å². The molecule has 3 heteroatoms. The van der Waals surface area contributed by atoms with Crippen LogP contribution in [0.15, 0.2) is 18.2 Å². The molecule has 1 heterocycles. The Labute approximate surface area is 115 Å². The molecular formula is C16H22N2O. The lowest BCUT2D eigenvalue weighted by molar-refractivity contribution is 0.119. The van der Waals surface area contributed by atoms with Crippen molar-refractivity contribution < 1.29 is 4.74 Å². The van der Waals surface area contributed by atoms with E-state index in [0.29, 0.717) is 6.04 Å². The van der Waals surface area contributed by atoms with E-state index in [1.165, 1.54) is 18.4 Å². The molecule has 0 aliphatic carbocycles. The zero-order chi connectivity index (χ0) is 13.7. The molecule has 0 spiro atoms. The maximum atomic E-state index is 8.98. The predicted molar refractivity (Wildman–Crippen MR) is 76.3 cm³/mol. The van der Waals surface area contributed by atoms with Gasteiger partial charge < -0.3 is 4.74 Å². The first-order chi connectivity index (χ1) is 9.28. The number of benzene rings is 1. The highest BCUT2D eigenvalue weighted by Crippen LogP contribution is 2.27. The van der Waals surface area contributed by atoms with Crippen LogP contribution in [-0.2, 0) is 6.42 Å². The lowest BCUT2D eigenvalue weighted by atomic mass is 9.99. The van der Waals surface area contributed by atoms with Gasteiger partial charge in [0.25, 0.3) is 0 Å². The molecule has 0 fully saturated rings. The van der Waals surface area contributed by atoms with Gasteiger partial charge in [0.1, 0.15) is 12.4 Å². The van der Waals surface area contributed by atoms with E-state index in [4.69, 9.17) is 10.00 Å². The van der Waals surface area contributed by atoms with Crippen LogP contribution in [0.5, 0.6) is 5.75 Å². The molecule has 0 bridgehead atoms. The summed E-state index contributed by atoms with van der Waals surface area (Å²) in [4.78, 5) is 2.52. The second-order valence-corrected chi connectivity index (χ2v) is 5.14. The molecule has 1 unspecified atom stereocenters. The zero-order valence-corrected chi connectivity index (χ0v) is 11.9. The quantitative estimate of drug-likeness (QED) is 0.814. The van der Waals surface area contributed by atoms with Gasteiger partial charge in [-0.15, -0.1) is 0 Å². The molecule has 0 saturated carbocycles. The van der Waals surface area contributed by atoms with E-state index in [1.54, 1.807) is 0 Å². The maximum Gasteiger partial charge on any atom is 0.122 e. The third-order valence-corrected chi connectivity index (χ3v) is 3.61. The smallest absolute Gasteiger partial charge is 0.122 e. The Balaban J connectivity index is 2.13. The van der Waals surface area contributed by atoms with E-state index in [2.05, 4.69) is 24.8 Å². The summed E-state index contributed by atoms with van der Waals surface area (Å²) in [5.74, 6) is 0.947. The van der Waals surface area contributed by atoms with Gasteiger partial charge >= 0.3 is 0 Å². The fourth-order valence-corrected chi connectivity index (χ4v) is 2.73. The molecule has 1 aromatic rings. The van der Waals surface area contributed by atoms with E-state index >= 15 is 0 Å². The molecule has 1 aliphatic heterocycles. The van der Waals surface area contributed by atoms with Crippen LogP contribution in [0.2, 0.25) is 0 Å². The number of rotatable bonds is 5. The summed E-state index contributed by atoms with van der Waals surface area (Å²) in [5.41, 5.74) is 1.90. The average Bonchev–Trinajstić information content (AvgIpc) is 2.46. The largest absolute Gasteiger partial charge is 0.492 e. The van der Waals surface area contributed by atoms with Crippen LogP contribution in [0.25, 0.3) is 0 Å². The Morgan fingerprint density at radius 1 is 1.32 bits per heavy atom. The highest BCUT2D eigenvalue weighted by Gasteiger charge is 2.24. The summed E-state index contributed by atoms with van der Waals surface area (Å²) in [6.07, 6.45) is 3.33. The van der Waals surface area contributed by atoms with Gasteiger partial charge in [-0.1, -0.05) is 13.8 Å². The zero-order valence-electron chi connectivity index (χ0n) is 11.9. The molecule has 19 heavy (non-hydrogen) atoms. The third kappa shape index (κ3) is 3.27. The molecule has 2 rings (SSSR count). The summed E-state index contributed by atoms with van der Waals surface area (Å²) in [7, 11) is 0. The lowest BCUT2D eigenvalue weighted by Gasteiger charge is -2.34. The van der Waals surface area contributed by atoms with E-state index < -0.39 is 0 Å². The van der Waals surface area contributed by atoms with Crippen LogP contribution in [0.1, 0.15) is 37.8 Å².